The molecule has 3 rings (SSSR count). The molecule has 1 N–H and O–H groups in total. The molecule has 0 radical (unpaired) electrons. The number of furan rings is 1. The highest BCUT2D eigenvalue weighted by atomic mass is 32.2. The zero-order valence-electron chi connectivity index (χ0n) is 13.1. The molecule has 1 aliphatic heterocycles. The van der Waals surface area contributed by atoms with Gasteiger partial charge in [-0.1, -0.05) is 18.2 Å². The molecule has 2 aromatic rings. The van der Waals surface area contributed by atoms with Gasteiger partial charge in [0, 0.05) is 13.2 Å². The van der Waals surface area contributed by atoms with Crippen LogP contribution in [0.15, 0.2) is 51.8 Å². The molecule has 1 aromatic heterocycles. The number of hydrogen-bond donors (Lipinski definition) is 1. The van der Waals surface area contributed by atoms with Gasteiger partial charge >= 0.3 is 0 Å². The number of carbonyl (C=O) groups excluding carboxylic acids is 1. The van der Waals surface area contributed by atoms with Gasteiger partial charge in [0.05, 0.1) is 11.0 Å². The second-order valence-electron chi connectivity index (χ2n) is 5.68. The first kappa shape index (κ1) is 16.7. The second-order valence-corrected chi connectivity index (χ2v) is 7.67. The Morgan fingerprint density at radius 2 is 1.96 bits per heavy atom. The predicted octanol–water partition coefficient (Wildman–Crippen LogP) is 2.16. The summed E-state index contributed by atoms with van der Waals surface area (Å²) in [5, 5.41) is 2.74. The molecule has 0 spiro atoms. The first-order valence-corrected chi connectivity index (χ1v) is 9.46. The van der Waals surface area contributed by atoms with Crippen molar-refractivity contribution in [2.45, 2.75) is 29.6 Å². The smallest absolute Gasteiger partial charge is 0.287 e. The first-order valence-electron chi connectivity index (χ1n) is 7.81. The Labute approximate surface area is 140 Å². The van der Waals surface area contributed by atoms with Crippen LogP contribution in [-0.2, 0) is 20.3 Å². The highest BCUT2D eigenvalue weighted by molar-refractivity contribution is 7.90. The Bertz CT molecular complexity index is 791. The molecule has 128 valence electrons. The molecule has 7 heteroatoms. The lowest BCUT2D eigenvalue weighted by atomic mass is 10.2. The summed E-state index contributed by atoms with van der Waals surface area (Å²) in [4.78, 5) is 12.3. The third-order valence-electron chi connectivity index (χ3n) is 3.83. The second kappa shape index (κ2) is 7.19. The summed E-state index contributed by atoms with van der Waals surface area (Å²) in [6, 6.07) is 11.2. The van der Waals surface area contributed by atoms with E-state index in [1.807, 2.05) is 0 Å². The van der Waals surface area contributed by atoms with Crippen molar-refractivity contribution in [2.24, 2.45) is 0 Å². The van der Waals surface area contributed by atoms with Gasteiger partial charge in [0.2, 0.25) is 0 Å². The van der Waals surface area contributed by atoms with Crippen LogP contribution in [0.5, 0.6) is 0 Å². The molecular formula is C17H19NO5S. The highest BCUT2D eigenvalue weighted by Gasteiger charge is 2.20. The molecule has 1 saturated heterocycles. The van der Waals surface area contributed by atoms with Gasteiger partial charge in [-0.25, -0.2) is 8.42 Å². The average molecular weight is 349 g/mol. The normalized spacial score (nSPS) is 17.8. The van der Waals surface area contributed by atoms with Gasteiger partial charge in [0.1, 0.15) is 11.5 Å². The summed E-state index contributed by atoms with van der Waals surface area (Å²) >= 11 is 0. The van der Waals surface area contributed by atoms with Crippen LogP contribution in [0.3, 0.4) is 0 Å². The zero-order valence-corrected chi connectivity index (χ0v) is 13.9. The van der Waals surface area contributed by atoms with E-state index in [1.165, 1.54) is 24.3 Å². The molecular weight excluding hydrogens is 330 g/mol. The summed E-state index contributed by atoms with van der Waals surface area (Å²) in [6.45, 7) is 1.15. The SMILES string of the molecule is O=C(NCC1CCCO1)c1ccc(CS(=O)(=O)c2ccccc2)o1. The van der Waals surface area contributed by atoms with E-state index in [2.05, 4.69) is 5.32 Å². The number of sulfone groups is 1. The fraction of sp³-hybridized carbons (Fsp3) is 0.353. The van der Waals surface area contributed by atoms with E-state index in [4.69, 9.17) is 9.15 Å². The zero-order chi connectivity index (χ0) is 17.0. The molecule has 1 unspecified atom stereocenters. The molecule has 0 saturated carbocycles. The third-order valence-corrected chi connectivity index (χ3v) is 5.49. The van der Waals surface area contributed by atoms with Crippen LogP contribution >= 0.6 is 0 Å². The monoisotopic (exact) mass is 349 g/mol. The molecule has 1 atom stereocenters. The fourth-order valence-electron chi connectivity index (χ4n) is 2.57. The summed E-state index contributed by atoms with van der Waals surface area (Å²) in [7, 11) is -3.50. The van der Waals surface area contributed by atoms with E-state index in [9.17, 15) is 13.2 Å². The maximum atomic E-state index is 12.3. The van der Waals surface area contributed by atoms with Gasteiger partial charge in [-0.3, -0.25) is 4.79 Å². The van der Waals surface area contributed by atoms with Crippen molar-refractivity contribution in [3.05, 3.63) is 54.0 Å². The summed E-state index contributed by atoms with van der Waals surface area (Å²) in [6.07, 6.45) is 1.98. The lowest BCUT2D eigenvalue weighted by Gasteiger charge is -2.09. The predicted molar refractivity (Wildman–Crippen MR) is 87.3 cm³/mol. The van der Waals surface area contributed by atoms with Gasteiger partial charge in [0.15, 0.2) is 15.6 Å². The lowest BCUT2D eigenvalue weighted by molar-refractivity contribution is 0.0834. The Morgan fingerprint density at radius 3 is 2.67 bits per heavy atom. The van der Waals surface area contributed by atoms with Crippen molar-refractivity contribution in [3.8, 4) is 0 Å². The number of carbonyl (C=O) groups is 1. The molecule has 1 amide bonds. The van der Waals surface area contributed by atoms with Crippen LogP contribution in [0, 0.1) is 0 Å². The maximum Gasteiger partial charge on any atom is 0.287 e. The largest absolute Gasteiger partial charge is 0.455 e. The number of amides is 1. The Hall–Kier alpha value is -2.12. The first-order chi connectivity index (χ1) is 11.5. The van der Waals surface area contributed by atoms with Crippen molar-refractivity contribution in [2.75, 3.05) is 13.2 Å². The third kappa shape index (κ3) is 4.04. The minimum absolute atomic E-state index is 0.0434. The highest BCUT2D eigenvalue weighted by Crippen LogP contribution is 2.18. The lowest BCUT2D eigenvalue weighted by Crippen LogP contribution is -2.31. The Morgan fingerprint density at radius 1 is 1.17 bits per heavy atom. The molecule has 1 aliphatic rings. The van der Waals surface area contributed by atoms with Crippen LogP contribution in [0.1, 0.15) is 29.2 Å². The van der Waals surface area contributed by atoms with Crippen LogP contribution < -0.4 is 5.32 Å². The van der Waals surface area contributed by atoms with Gasteiger partial charge in [-0.15, -0.1) is 0 Å². The van der Waals surface area contributed by atoms with E-state index < -0.39 is 9.84 Å². The summed E-state index contributed by atoms with van der Waals surface area (Å²) in [5.74, 6) is -0.308. The molecule has 1 fully saturated rings. The van der Waals surface area contributed by atoms with Crippen molar-refractivity contribution in [1.29, 1.82) is 0 Å². The molecule has 6 nitrogen and oxygen atoms in total. The minimum Gasteiger partial charge on any atom is -0.455 e. The summed E-state index contributed by atoms with van der Waals surface area (Å²) < 4.78 is 35.4. The topological polar surface area (TPSA) is 85.6 Å². The van der Waals surface area contributed by atoms with Crippen molar-refractivity contribution < 1.29 is 22.4 Å². The van der Waals surface area contributed by atoms with Crippen LogP contribution in [0.25, 0.3) is 0 Å². The standard InChI is InChI=1S/C17H19NO5S/c19-17(18-11-13-5-4-10-22-13)16-9-8-14(23-16)12-24(20,21)15-6-2-1-3-7-15/h1-3,6-9,13H,4-5,10-12H2,(H,18,19). The Balaban J connectivity index is 1.61. The van der Waals surface area contributed by atoms with Crippen LogP contribution in [0.4, 0.5) is 0 Å². The molecule has 0 bridgehead atoms. The number of nitrogens with one attached hydrogen (secondary N) is 1. The summed E-state index contributed by atoms with van der Waals surface area (Å²) in [5.41, 5.74) is 0. The molecule has 0 aliphatic carbocycles. The van der Waals surface area contributed by atoms with E-state index in [0.29, 0.717) is 6.54 Å². The Kier molecular flexibility index (Phi) is 5.01. The number of benzene rings is 1. The fourth-order valence-corrected chi connectivity index (χ4v) is 3.84. The van der Waals surface area contributed by atoms with Crippen molar-refractivity contribution in [3.63, 3.8) is 0 Å². The van der Waals surface area contributed by atoms with Gasteiger partial charge in [-0.05, 0) is 37.1 Å². The van der Waals surface area contributed by atoms with Crippen LogP contribution in [-0.4, -0.2) is 33.6 Å². The molecule has 1 aromatic carbocycles. The maximum absolute atomic E-state index is 12.3. The quantitative estimate of drug-likeness (QED) is 0.864. The number of hydrogen-bond acceptors (Lipinski definition) is 5. The van der Waals surface area contributed by atoms with E-state index in [0.717, 1.165) is 19.4 Å². The van der Waals surface area contributed by atoms with Gasteiger partial charge < -0.3 is 14.5 Å². The van der Waals surface area contributed by atoms with Crippen molar-refractivity contribution in [1.82, 2.24) is 5.32 Å². The van der Waals surface area contributed by atoms with Gasteiger partial charge in [-0.2, -0.15) is 0 Å². The van der Waals surface area contributed by atoms with Crippen molar-refractivity contribution >= 4 is 15.7 Å². The molecule has 2 heterocycles. The van der Waals surface area contributed by atoms with E-state index in [1.54, 1.807) is 18.2 Å². The van der Waals surface area contributed by atoms with Crippen LogP contribution in [0.2, 0.25) is 0 Å². The number of ether oxygens (including phenoxy) is 1. The van der Waals surface area contributed by atoms with E-state index in [-0.39, 0.29) is 34.2 Å². The number of rotatable bonds is 6. The average Bonchev–Trinajstić information content (AvgIpc) is 3.25. The van der Waals surface area contributed by atoms with Gasteiger partial charge in [0.25, 0.3) is 5.91 Å². The minimum atomic E-state index is -3.50. The molecule has 24 heavy (non-hydrogen) atoms. The van der Waals surface area contributed by atoms with E-state index >= 15 is 0 Å².